The molecule has 0 bridgehead atoms. The Labute approximate surface area is 202 Å². The molecule has 4 rings (SSSR count). The quantitative estimate of drug-likeness (QED) is 0.440. The molecule has 1 aliphatic heterocycles. The van der Waals surface area contributed by atoms with Crippen LogP contribution in [-0.4, -0.2) is 49.1 Å². The first kappa shape index (κ1) is 24.5. The fourth-order valence-corrected chi connectivity index (χ4v) is 6.52. The number of amides is 1. The van der Waals surface area contributed by atoms with Gasteiger partial charge in [-0.05, 0) is 88.0 Å². The molecule has 34 heavy (non-hydrogen) atoms. The van der Waals surface area contributed by atoms with Gasteiger partial charge < -0.3 is 15.2 Å². The fraction of sp³-hybridized carbons (Fsp3) is 0.444. The van der Waals surface area contributed by atoms with Crippen LogP contribution in [-0.2, 0) is 9.84 Å². The number of carbonyl (C=O) groups is 1. The molecule has 0 aliphatic carbocycles. The van der Waals surface area contributed by atoms with Gasteiger partial charge >= 0.3 is 0 Å². The van der Waals surface area contributed by atoms with E-state index in [1.54, 1.807) is 18.2 Å². The molecule has 1 aromatic heterocycles. The second-order valence-electron chi connectivity index (χ2n) is 9.53. The molecule has 0 spiro atoms. The Bertz CT molecular complexity index is 1260. The molecule has 2 aromatic carbocycles. The highest BCUT2D eigenvalue weighted by Gasteiger charge is 2.25. The lowest BCUT2D eigenvalue weighted by molar-refractivity contribution is 0.102. The number of anilines is 1. The van der Waals surface area contributed by atoms with Gasteiger partial charge in [0.15, 0.2) is 9.84 Å². The first-order valence-corrected chi connectivity index (χ1v) is 13.9. The largest absolute Gasteiger partial charge is 0.361 e. The SMILES string of the molecule is CCCCS(=O)(=O)c1ccccc1C(=O)Nc1ccc2[nH]cc(C3CCN(C(C)C)CC3)c2c1. The number of likely N-dealkylation sites (tertiary alicyclic amines) is 1. The van der Waals surface area contributed by atoms with Crippen LogP contribution in [0.5, 0.6) is 0 Å². The lowest BCUT2D eigenvalue weighted by Gasteiger charge is -2.34. The minimum absolute atomic E-state index is 0.0437. The van der Waals surface area contributed by atoms with Crippen molar-refractivity contribution in [2.45, 2.75) is 63.3 Å². The summed E-state index contributed by atoms with van der Waals surface area (Å²) in [5.74, 6) is 0.124. The molecule has 6 nitrogen and oxygen atoms in total. The fourth-order valence-electron chi connectivity index (χ4n) is 4.85. The number of unbranched alkanes of at least 4 members (excludes halogenated alkanes) is 1. The third kappa shape index (κ3) is 5.20. The van der Waals surface area contributed by atoms with Crippen LogP contribution in [0.1, 0.15) is 68.3 Å². The predicted molar refractivity (Wildman–Crippen MR) is 138 cm³/mol. The van der Waals surface area contributed by atoms with Crippen LogP contribution in [0.2, 0.25) is 0 Å². The van der Waals surface area contributed by atoms with Crippen molar-refractivity contribution < 1.29 is 13.2 Å². The van der Waals surface area contributed by atoms with E-state index in [9.17, 15) is 13.2 Å². The van der Waals surface area contributed by atoms with Crippen LogP contribution < -0.4 is 5.32 Å². The molecule has 0 saturated carbocycles. The standard InChI is InChI=1S/C27H35N3O3S/c1-4-5-16-34(32,33)26-9-7-6-8-22(26)27(31)29-21-10-11-25-23(17-21)24(18-28-25)20-12-14-30(15-13-20)19(2)3/h6-11,17-20,28H,4-5,12-16H2,1-3H3,(H,29,31). The van der Waals surface area contributed by atoms with Crippen LogP contribution in [0.4, 0.5) is 5.69 Å². The molecule has 7 heteroatoms. The summed E-state index contributed by atoms with van der Waals surface area (Å²) in [7, 11) is -3.52. The number of fused-ring (bicyclic) bond motifs is 1. The number of piperidine rings is 1. The number of nitrogens with zero attached hydrogens (tertiary/aromatic N) is 1. The van der Waals surface area contributed by atoms with Crippen molar-refractivity contribution >= 4 is 32.3 Å². The molecule has 0 unspecified atom stereocenters. The molecule has 1 saturated heterocycles. The topological polar surface area (TPSA) is 82.3 Å². The van der Waals surface area contributed by atoms with Crippen LogP contribution >= 0.6 is 0 Å². The number of rotatable bonds is 8. The first-order valence-electron chi connectivity index (χ1n) is 12.3. The number of benzene rings is 2. The Balaban J connectivity index is 1.56. The number of aromatic amines is 1. The van der Waals surface area contributed by atoms with Gasteiger partial charge in [-0.3, -0.25) is 4.79 Å². The van der Waals surface area contributed by atoms with Crippen molar-refractivity contribution in [2.75, 3.05) is 24.2 Å². The molecule has 1 aliphatic rings. The molecule has 182 valence electrons. The number of nitrogens with one attached hydrogen (secondary N) is 2. The molecular weight excluding hydrogens is 446 g/mol. The van der Waals surface area contributed by atoms with E-state index in [4.69, 9.17) is 0 Å². The van der Waals surface area contributed by atoms with Gasteiger partial charge in [-0.15, -0.1) is 0 Å². The maximum absolute atomic E-state index is 13.1. The van der Waals surface area contributed by atoms with E-state index in [1.165, 1.54) is 11.6 Å². The number of hydrogen-bond donors (Lipinski definition) is 2. The second kappa shape index (κ2) is 10.3. The molecule has 3 aromatic rings. The van der Waals surface area contributed by atoms with E-state index in [-0.39, 0.29) is 16.2 Å². The number of sulfone groups is 1. The number of hydrogen-bond acceptors (Lipinski definition) is 4. The van der Waals surface area contributed by atoms with Crippen molar-refractivity contribution in [3.8, 4) is 0 Å². The lowest BCUT2D eigenvalue weighted by Crippen LogP contribution is -2.37. The lowest BCUT2D eigenvalue weighted by atomic mass is 9.88. The smallest absolute Gasteiger partial charge is 0.256 e. The molecule has 2 heterocycles. The normalized spacial score (nSPS) is 15.8. The highest BCUT2D eigenvalue weighted by Crippen LogP contribution is 2.35. The first-order chi connectivity index (χ1) is 16.3. The Morgan fingerprint density at radius 2 is 1.88 bits per heavy atom. The summed E-state index contributed by atoms with van der Waals surface area (Å²) < 4.78 is 25.6. The van der Waals surface area contributed by atoms with Gasteiger partial charge in [-0.25, -0.2) is 8.42 Å². The van der Waals surface area contributed by atoms with Gasteiger partial charge in [-0.1, -0.05) is 25.5 Å². The van der Waals surface area contributed by atoms with Gasteiger partial charge in [-0.2, -0.15) is 0 Å². The Morgan fingerprint density at radius 3 is 2.59 bits per heavy atom. The van der Waals surface area contributed by atoms with Crippen LogP contribution in [0.25, 0.3) is 10.9 Å². The molecular formula is C27H35N3O3S. The average molecular weight is 482 g/mol. The van der Waals surface area contributed by atoms with E-state index < -0.39 is 15.7 Å². The van der Waals surface area contributed by atoms with E-state index in [1.807, 2.05) is 25.1 Å². The Kier molecular flexibility index (Phi) is 7.43. The van der Waals surface area contributed by atoms with Crippen LogP contribution in [0.15, 0.2) is 53.6 Å². The summed E-state index contributed by atoms with van der Waals surface area (Å²) >= 11 is 0. The van der Waals surface area contributed by atoms with Gasteiger partial charge in [0.1, 0.15) is 0 Å². The zero-order valence-electron chi connectivity index (χ0n) is 20.3. The monoisotopic (exact) mass is 481 g/mol. The van der Waals surface area contributed by atoms with E-state index in [2.05, 4.69) is 35.2 Å². The van der Waals surface area contributed by atoms with Crippen molar-refractivity contribution in [1.82, 2.24) is 9.88 Å². The van der Waals surface area contributed by atoms with Crippen molar-refractivity contribution in [2.24, 2.45) is 0 Å². The van der Waals surface area contributed by atoms with E-state index in [0.717, 1.165) is 43.3 Å². The third-order valence-electron chi connectivity index (χ3n) is 6.90. The van der Waals surface area contributed by atoms with Crippen LogP contribution in [0.3, 0.4) is 0 Å². The maximum atomic E-state index is 13.1. The van der Waals surface area contributed by atoms with Crippen molar-refractivity contribution in [3.05, 3.63) is 59.8 Å². The van der Waals surface area contributed by atoms with Crippen LogP contribution in [0, 0.1) is 0 Å². The highest BCUT2D eigenvalue weighted by molar-refractivity contribution is 7.91. The number of aromatic nitrogens is 1. The number of carbonyl (C=O) groups excluding carboxylic acids is 1. The van der Waals surface area contributed by atoms with E-state index >= 15 is 0 Å². The minimum atomic E-state index is -3.52. The summed E-state index contributed by atoms with van der Waals surface area (Å²) in [5, 5.41) is 4.05. The summed E-state index contributed by atoms with van der Waals surface area (Å²) in [6.07, 6.45) is 5.68. The average Bonchev–Trinajstić information content (AvgIpc) is 3.26. The van der Waals surface area contributed by atoms with E-state index in [0.29, 0.717) is 24.1 Å². The second-order valence-corrected chi connectivity index (χ2v) is 11.6. The Hall–Kier alpha value is -2.64. The summed E-state index contributed by atoms with van der Waals surface area (Å²) in [6.45, 7) is 8.62. The van der Waals surface area contributed by atoms with Crippen molar-refractivity contribution in [3.63, 3.8) is 0 Å². The summed E-state index contributed by atoms with van der Waals surface area (Å²) in [4.78, 5) is 19.1. The molecule has 1 amide bonds. The molecule has 1 fully saturated rings. The van der Waals surface area contributed by atoms with Gasteiger partial charge in [0.25, 0.3) is 5.91 Å². The van der Waals surface area contributed by atoms with Gasteiger partial charge in [0.2, 0.25) is 0 Å². The van der Waals surface area contributed by atoms with Gasteiger partial charge in [0, 0.05) is 28.8 Å². The summed E-state index contributed by atoms with van der Waals surface area (Å²) in [5.41, 5.74) is 3.19. The van der Waals surface area contributed by atoms with Crippen molar-refractivity contribution in [1.29, 1.82) is 0 Å². The Morgan fingerprint density at radius 1 is 1.15 bits per heavy atom. The molecule has 0 atom stereocenters. The predicted octanol–water partition coefficient (Wildman–Crippen LogP) is 5.58. The maximum Gasteiger partial charge on any atom is 0.256 e. The zero-order chi connectivity index (χ0) is 24.3. The summed E-state index contributed by atoms with van der Waals surface area (Å²) in [6, 6.07) is 12.9. The van der Waals surface area contributed by atoms with Gasteiger partial charge in [0.05, 0.1) is 16.2 Å². The third-order valence-corrected chi connectivity index (χ3v) is 8.76. The number of H-pyrrole nitrogens is 1. The molecule has 0 radical (unpaired) electrons. The molecule has 2 N–H and O–H groups in total. The highest BCUT2D eigenvalue weighted by atomic mass is 32.2. The zero-order valence-corrected chi connectivity index (χ0v) is 21.1. The minimum Gasteiger partial charge on any atom is -0.361 e.